The van der Waals surface area contributed by atoms with E-state index in [9.17, 15) is 0 Å². The summed E-state index contributed by atoms with van der Waals surface area (Å²) in [4.78, 5) is 0. The average molecular weight is 314 g/mol. The van der Waals surface area contributed by atoms with Gasteiger partial charge in [0.1, 0.15) is 0 Å². The van der Waals surface area contributed by atoms with Crippen LogP contribution in [0.2, 0.25) is 0 Å². The summed E-state index contributed by atoms with van der Waals surface area (Å²) in [5.74, 6) is 0. The van der Waals surface area contributed by atoms with E-state index < -0.39 is 5.60 Å². The van der Waals surface area contributed by atoms with Crippen LogP contribution in [0.1, 0.15) is 33.3 Å². The molecule has 0 saturated heterocycles. The molecule has 1 aromatic rings. The second-order valence-corrected chi connectivity index (χ2v) is 6.74. The zero-order valence-electron chi connectivity index (χ0n) is 13.6. The molecule has 3 heteroatoms. The molecule has 1 unspecified atom stereocenters. The summed E-state index contributed by atoms with van der Waals surface area (Å²) in [6.45, 7) is 8.82. The van der Waals surface area contributed by atoms with Crippen LogP contribution in [0.4, 0.5) is 0 Å². The maximum absolute atomic E-state index is 6.19. The quantitative estimate of drug-likeness (QED) is 0.567. The molecular weight excluding hydrogens is 292 g/mol. The molecule has 3 rings (SSSR count). The van der Waals surface area contributed by atoms with Gasteiger partial charge < -0.3 is 9.47 Å². The highest BCUT2D eigenvalue weighted by molar-refractivity contribution is 7.09. The van der Waals surface area contributed by atoms with Crippen molar-refractivity contribution in [1.29, 1.82) is 0 Å². The third kappa shape index (κ3) is 2.76. The van der Waals surface area contributed by atoms with Crippen molar-refractivity contribution < 1.29 is 9.47 Å². The lowest BCUT2D eigenvalue weighted by molar-refractivity contribution is -0.192. The van der Waals surface area contributed by atoms with E-state index in [-0.39, 0.29) is 6.29 Å². The Morgan fingerprint density at radius 1 is 1.18 bits per heavy atom. The van der Waals surface area contributed by atoms with E-state index in [4.69, 9.17) is 9.47 Å². The third-order valence-corrected chi connectivity index (χ3v) is 4.75. The molecule has 0 bridgehead atoms. The Morgan fingerprint density at radius 2 is 1.95 bits per heavy atom. The van der Waals surface area contributed by atoms with Crippen LogP contribution in [0.3, 0.4) is 0 Å². The number of ether oxygens (including phenoxy) is 2. The highest BCUT2D eigenvalue weighted by Gasteiger charge is 2.29. The molecule has 0 amide bonds. The Kier molecular flexibility index (Phi) is 4.22. The van der Waals surface area contributed by atoms with Gasteiger partial charge >= 0.3 is 0 Å². The van der Waals surface area contributed by atoms with Gasteiger partial charge in [-0.25, -0.2) is 0 Å². The molecule has 0 N–H and O–H groups in total. The highest BCUT2D eigenvalue weighted by atomic mass is 32.1. The molecule has 1 heterocycles. The molecule has 116 valence electrons. The van der Waals surface area contributed by atoms with Crippen molar-refractivity contribution in [3.05, 3.63) is 46.7 Å². The molecule has 1 aromatic heterocycles. The third-order valence-electron chi connectivity index (χ3n) is 3.99. The first-order chi connectivity index (χ1) is 10.5. The summed E-state index contributed by atoms with van der Waals surface area (Å²) in [5, 5.41) is 7.05. The zero-order chi connectivity index (χ0) is 15.7. The fraction of sp³-hybridized carbons (Fsp3) is 0.368. The second-order valence-electron chi connectivity index (χ2n) is 6.00. The van der Waals surface area contributed by atoms with E-state index in [1.54, 1.807) is 11.3 Å². The topological polar surface area (TPSA) is 18.5 Å². The first-order valence-electron chi connectivity index (χ1n) is 7.70. The molecule has 0 aromatic carbocycles. The maximum Gasteiger partial charge on any atom is 0.155 e. The number of rotatable bonds is 5. The van der Waals surface area contributed by atoms with E-state index in [1.807, 2.05) is 13.8 Å². The molecule has 2 aliphatic rings. The Hall–Kier alpha value is -1.42. The van der Waals surface area contributed by atoms with Crippen molar-refractivity contribution in [1.82, 2.24) is 0 Å². The average Bonchev–Trinajstić information content (AvgIpc) is 2.93. The van der Waals surface area contributed by atoms with Crippen LogP contribution in [-0.2, 0) is 15.1 Å². The summed E-state index contributed by atoms with van der Waals surface area (Å²) in [6, 6.07) is 10.8. The van der Waals surface area contributed by atoms with Gasteiger partial charge in [0.2, 0.25) is 0 Å². The Labute approximate surface area is 136 Å². The van der Waals surface area contributed by atoms with Crippen LogP contribution in [0.15, 0.2) is 41.1 Å². The molecule has 1 atom stereocenters. The molecule has 2 nitrogen and oxygen atoms in total. The molecule has 0 saturated carbocycles. The number of hydrogen-bond acceptors (Lipinski definition) is 3. The summed E-state index contributed by atoms with van der Waals surface area (Å²) in [7, 11) is 0. The van der Waals surface area contributed by atoms with Gasteiger partial charge in [-0.15, -0.1) is 0 Å². The lowest BCUT2D eigenvalue weighted by Crippen LogP contribution is -2.28. The zero-order valence-corrected chi connectivity index (χ0v) is 14.4. The maximum atomic E-state index is 6.19. The minimum atomic E-state index is -0.422. The fourth-order valence-corrected chi connectivity index (χ4v) is 3.89. The van der Waals surface area contributed by atoms with Gasteiger partial charge in [0.25, 0.3) is 0 Å². The molecule has 22 heavy (non-hydrogen) atoms. The van der Waals surface area contributed by atoms with E-state index >= 15 is 0 Å². The van der Waals surface area contributed by atoms with Gasteiger partial charge in [-0.1, -0.05) is 24.3 Å². The normalized spacial score (nSPS) is 13.8. The monoisotopic (exact) mass is 314 g/mol. The number of fused-ring (bicyclic) bond motifs is 3. The highest BCUT2D eigenvalue weighted by Crippen LogP contribution is 2.42. The van der Waals surface area contributed by atoms with Gasteiger partial charge in [0.05, 0.1) is 5.60 Å². The minimum Gasteiger partial charge on any atom is -0.353 e. The van der Waals surface area contributed by atoms with Gasteiger partial charge in [-0.05, 0) is 66.6 Å². The van der Waals surface area contributed by atoms with E-state index in [2.05, 4.69) is 54.9 Å². The smallest absolute Gasteiger partial charge is 0.155 e. The van der Waals surface area contributed by atoms with Crippen molar-refractivity contribution in [2.45, 2.75) is 39.6 Å². The summed E-state index contributed by atoms with van der Waals surface area (Å²) in [6.07, 6.45) is -0.228. The second kappa shape index (κ2) is 5.99. The molecular formula is C19H22O2S. The van der Waals surface area contributed by atoms with Gasteiger partial charge in [0, 0.05) is 12.0 Å². The van der Waals surface area contributed by atoms with Crippen LogP contribution in [-0.4, -0.2) is 12.9 Å². The predicted molar refractivity (Wildman–Crippen MR) is 93.6 cm³/mol. The first kappa shape index (κ1) is 15.5. The Bertz CT molecular complexity index is 744. The summed E-state index contributed by atoms with van der Waals surface area (Å²) >= 11 is 1.75. The molecule has 2 aliphatic carbocycles. The molecule has 0 spiro atoms. The predicted octanol–water partition coefficient (Wildman–Crippen LogP) is 5.64. The van der Waals surface area contributed by atoms with Crippen LogP contribution in [0.5, 0.6) is 0 Å². The van der Waals surface area contributed by atoms with Crippen LogP contribution >= 0.6 is 11.3 Å². The van der Waals surface area contributed by atoms with Gasteiger partial charge in [-0.2, -0.15) is 11.3 Å². The minimum absolute atomic E-state index is 0.228. The van der Waals surface area contributed by atoms with Gasteiger partial charge in [-0.3, -0.25) is 0 Å². The van der Waals surface area contributed by atoms with Crippen LogP contribution in [0.25, 0.3) is 21.9 Å². The number of hydrogen-bond donors (Lipinski definition) is 0. The van der Waals surface area contributed by atoms with Crippen LogP contribution in [0, 0.1) is 0 Å². The Morgan fingerprint density at radius 3 is 2.73 bits per heavy atom. The molecule has 0 fully saturated rings. The van der Waals surface area contributed by atoms with E-state index in [0.29, 0.717) is 6.61 Å². The summed E-state index contributed by atoms with van der Waals surface area (Å²) < 4.78 is 11.8. The largest absolute Gasteiger partial charge is 0.353 e. The Balaban J connectivity index is 2.12. The van der Waals surface area contributed by atoms with Crippen molar-refractivity contribution in [3.8, 4) is 11.1 Å². The standard InChI is InChI=1S/C19H22O2S/c1-5-20-13(2)21-19(3,4)17-9-7-6-8-14-10-15-11-22-12-16(15)18(14)17/h6-13H,5H2,1-4H3. The van der Waals surface area contributed by atoms with Crippen molar-refractivity contribution in [2.75, 3.05) is 6.61 Å². The van der Waals surface area contributed by atoms with Crippen molar-refractivity contribution in [3.63, 3.8) is 0 Å². The SMILES string of the molecule is CCOC(C)OC(C)(C)c1ccccc2cc3cscc3c1-2. The fourth-order valence-electron chi connectivity index (χ4n) is 3.09. The lowest BCUT2D eigenvalue weighted by Gasteiger charge is -2.30. The van der Waals surface area contributed by atoms with E-state index in [1.165, 1.54) is 27.5 Å². The van der Waals surface area contributed by atoms with Crippen LogP contribution < -0.4 is 0 Å². The first-order valence-corrected chi connectivity index (χ1v) is 8.64. The number of thiophene rings is 1. The van der Waals surface area contributed by atoms with E-state index in [0.717, 1.165) is 0 Å². The molecule has 0 radical (unpaired) electrons. The van der Waals surface area contributed by atoms with Crippen molar-refractivity contribution in [2.24, 2.45) is 0 Å². The van der Waals surface area contributed by atoms with Crippen molar-refractivity contribution >= 4 is 22.1 Å². The summed E-state index contributed by atoms with van der Waals surface area (Å²) in [5.41, 5.74) is 3.33. The lowest BCUT2D eigenvalue weighted by atomic mass is 9.92. The van der Waals surface area contributed by atoms with Gasteiger partial charge in [0.15, 0.2) is 6.29 Å². The molecule has 0 aliphatic heterocycles.